The van der Waals surface area contributed by atoms with Crippen LogP contribution in [0.2, 0.25) is 0 Å². The zero-order chi connectivity index (χ0) is 14.9. The zero-order valence-corrected chi connectivity index (χ0v) is 12.6. The second-order valence-electron chi connectivity index (χ2n) is 6.12. The van der Waals surface area contributed by atoms with Crippen molar-refractivity contribution >= 4 is 5.91 Å². The van der Waals surface area contributed by atoms with Gasteiger partial charge in [-0.3, -0.25) is 4.79 Å². The number of likely N-dealkylation sites (tertiary alicyclic amines) is 1. The summed E-state index contributed by atoms with van der Waals surface area (Å²) in [7, 11) is 0. The van der Waals surface area contributed by atoms with Crippen molar-refractivity contribution < 1.29 is 14.6 Å². The minimum atomic E-state index is -0.727. The van der Waals surface area contributed by atoms with Crippen LogP contribution in [0.3, 0.4) is 0 Å². The molecule has 4 heteroatoms. The van der Waals surface area contributed by atoms with Gasteiger partial charge in [-0.1, -0.05) is 19.9 Å². The number of nitrogens with zero attached hydrogens (tertiary/aromatic N) is 1. The van der Waals surface area contributed by atoms with Gasteiger partial charge in [-0.05, 0) is 43.0 Å². The molecule has 0 aromatic heterocycles. The maximum Gasteiger partial charge on any atom is 0.260 e. The van der Waals surface area contributed by atoms with Crippen LogP contribution in [0.5, 0.6) is 5.75 Å². The number of β-amino-alcohol motifs (C(OH)–C–C–N with tert-alkyl or cyclic N) is 1. The van der Waals surface area contributed by atoms with Crippen LogP contribution in [0.4, 0.5) is 0 Å². The summed E-state index contributed by atoms with van der Waals surface area (Å²) >= 11 is 0. The van der Waals surface area contributed by atoms with E-state index in [-0.39, 0.29) is 18.4 Å². The first-order valence-electron chi connectivity index (χ1n) is 7.01. The van der Waals surface area contributed by atoms with Crippen LogP contribution in [-0.4, -0.2) is 41.2 Å². The Morgan fingerprint density at radius 2 is 1.85 bits per heavy atom. The molecule has 1 fully saturated rings. The third-order valence-corrected chi connectivity index (χ3v) is 3.91. The largest absolute Gasteiger partial charge is 0.484 e. The maximum atomic E-state index is 12.0. The summed E-state index contributed by atoms with van der Waals surface area (Å²) in [5.74, 6) is 0.803. The summed E-state index contributed by atoms with van der Waals surface area (Å²) in [6.07, 6.45) is 0. The van der Waals surface area contributed by atoms with Crippen molar-refractivity contribution in [2.45, 2.75) is 33.3 Å². The highest BCUT2D eigenvalue weighted by atomic mass is 16.5. The molecule has 0 saturated carbocycles. The monoisotopic (exact) mass is 277 g/mol. The van der Waals surface area contributed by atoms with Crippen molar-refractivity contribution in [3.8, 4) is 5.75 Å². The molecule has 1 heterocycles. The lowest BCUT2D eigenvalue weighted by Crippen LogP contribution is -2.66. The third-order valence-electron chi connectivity index (χ3n) is 3.91. The standard InChI is InChI=1S/C16H23NO3/c1-11(2)16(19)9-17(10-16)15(18)8-20-14-6-12(3)5-13(4)7-14/h5-7,11,19H,8-10H2,1-4H3. The average molecular weight is 277 g/mol. The zero-order valence-electron chi connectivity index (χ0n) is 12.6. The second-order valence-corrected chi connectivity index (χ2v) is 6.12. The molecule has 4 nitrogen and oxygen atoms in total. The number of benzene rings is 1. The van der Waals surface area contributed by atoms with Gasteiger partial charge in [-0.2, -0.15) is 0 Å². The highest BCUT2D eigenvalue weighted by Crippen LogP contribution is 2.28. The fourth-order valence-electron chi connectivity index (χ4n) is 2.41. The number of rotatable bonds is 4. The minimum absolute atomic E-state index is 0.0249. The normalized spacial score (nSPS) is 17.0. The minimum Gasteiger partial charge on any atom is -0.484 e. The van der Waals surface area contributed by atoms with Crippen LogP contribution in [0, 0.1) is 19.8 Å². The van der Waals surface area contributed by atoms with E-state index < -0.39 is 5.60 Å². The van der Waals surface area contributed by atoms with Crippen LogP contribution in [0.1, 0.15) is 25.0 Å². The lowest BCUT2D eigenvalue weighted by Gasteiger charge is -2.48. The van der Waals surface area contributed by atoms with Crippen molar-refractivity contribution in [2.24, 2.45) is 5.92 Å². The molecular formula is C16H23NO3. The Labute approximate surface area is 120 Å². The second kappa shape index (κ2) is 5.44. The first kappa shape index (κ1) is 14.9. The molecule has 2 rings (SSSR count). The van der Waals surface area contributed by atoms with Gasteiger partial charge in [0.1, 0.15) is 11.4 Å². The van der Waals surface area contributed by atoms with Crippen LogP contribution in [0.25, 0.3) is 0 Å². The van der Waals surface area contributed by atoms with E-state index in [9.17, 15) is 9.90 Å². The van der Waals surface area contributed by atoms with Crippen molar-refractivity contribution in [2.75, 3.05) is 19.7 Å². The fourth-order valence-corrected chi connectivity index (χ4v) is 2.41. The number of ether oxygens (including phenoxy) is 1. The smallest absolute Gasteiger partial charge is 0.260 e. The number of carbonyl (C=O) groups excluding carboxylic acids is 1. The van der Waals surface area contributed by atoms with Gasteiger partial charge in [-0.25, -0.2) is 0 Å². The number of aryl methyl sites for hydroxylation is 2. The molecule has 0 atom stereocenters. The van der Waals surface area contributed by atoms with E-state index in [1.165, 1.54) is 0 Å². The SMILES string of the molecule is Cc1cc(C)cc(OCC(=O)N2CC(O)(C(C)C)C2)c1. The summed E-state index contributed by atoms with van der Waals surface area (Å²) in [4.78, 5) is 13.6. The van der Waals surface area contributed by atoms with E-state index in [4.69, 9.17) is 4.74 Å². The quantitative estimate of drug-likeness (QED) is 0.914. The Hall–Kier alpha value is -1.55. The lowest BCUT2D eigenvalue weighted by molar-refractivity contribution is -0.165. The summed E-state index contributed by atoms with van der Waals surface area (Å²) in [5.41, 5.74) is 1.51. The summed E-state index contributed by atoms with van der Waals surface area (Å²) in [5, 5.41) is 10.1. The van der Waals surface area contributed by atoms with E-state index >= 15 is 0 Å². The highest BCUT2D eigenvalue weighted by molar-refractivity contribution is 5.79. The molecule has 110 valence electrons. The maximum absolute atomic E-state index is 12.0. The molecule has 0 spiro atoms. The summed E-state index contributed by atoms with van der Waals surface area (Å²) in [6, 6.07) is 5.90. The van der Waals surface area contributed by atoms with E-state index in [2.05, 4.69) is 6.07 Å². The summed E-state index contributed by atoms with van der Waals surface area (Å²) in [6.45, 7) is 8.76. The average Bonchev–Trinajstić information content (AvgIpc) is 2.30. The van der Waals surface area contributed by atoms with Gasteiger partial charge in [0.25, 0.3) is 5.91 Å². The third kappa shape index (κ3) is 3.12. The van der Waals surface area contributed by atoms with E-state index in [1.54, 1.807) is 4.90 Å². The molecule has 1 aliphatic rings. The number of hydrogen-bond acceptors (Lipinski definition) is 3. The van der Waals surface area contributed by atoms with Gasteiger partial charge >= 0.3 is 0 Å². The Morgan fingerprint density at radius 3 is 2.35 bits per heavy atom. The molecule has 1 saturated heterocycles. The van der Waals surface area contributed by atoms with E-state index in [0.29, 0.717) is 13.1 Å². The number of amides is 1. The number of carbonyl (C=O) groups is 1. The van der Waals surface area contributed by atoms with Gasteiger partial charge in [0, 0.05) is 0 Å². The molecule has 1 aromatic rings. The van der Waals surface area contributed by atoms with Crippen LogP contribution < -0.4 is 4.74 Å². The van der Waals surface area contributed by atoms with Crippen LogP contribution >= 0.6 is 0 Å². The molecule has 0 radical (unpaired) electrons. The molecular weight excluding hydrogens is 254 g/mol. The molecule has 20 heavy (non-hydrogen) atoms. The van der Waals surface area contributed by atoms with Crippen molar-refractivity contribution in [1.29, 1.82) is 0 Å². The molecule has 0 aliphatic carbocycles. The Kier molecular flexibility index (Phi) is 4.04. The molecule has 1 aromatic carbocycles. The Bertz CT molecular complexity index is 484. The van der Waals surface area contributed by atoms with Crippen molar-refractivity contribution in [3.05, 3.63) is 29.3 Å². The number of aliphatic hydroxyl groups is 1. The lowest BCUT2D eigenvalue weighted by atomic mass is 9.83. The predicted molar refractivity (Wildman–Crippen MR) is 77.8 cm³/mol. The van der Waals surface area contributed by atoms with Crippen molar-refractivity contribution in [3.63, 3.8) is 0 Å². The molecule has 1 aliphatic heterocycles. The van der Waals surface area contributed by atoms with Gasteiger partial charge in [0.05, 0.1) is 13.1 Å². The Morgan fingerprint density at radius 1 is 1.30 bits per heavy atom. The Balaban J connectivity index is 1.85. The van der Waals surface area contributed by atoms with Gasteiger partial charge in [0.2, 0.25) is 0 Å². The van der Waals surface area contributed by atoms with Gasteiger partial charge in [-0.15, -0.1) is 0 Å². The van der Waals surface area contributed by atoms with E-state index in [1.807, 2.05) is 39.8 Å². The number of hydrogen-bond donors (Lipinski definition) is 1. The fraction of sp³-hybridized carbons (Fsp3) is 0.562. The first-order valence-corrected chi connectivity index (χ1v) is 7.01. The van der Waals surface area contributed by atoms with Crippen molar-refractivity contribution in [1.82, 2.24) is 4.90 Å². The van der Waals surface area contributed by atoms with Gasteiger partial charge < -0.3 is 14.7 Å². The van der Waals surface area contributed by atoms with Crippen LogP contribution in [-0.2, 0) is 4.79 Å². The topological polar surface area (TPSA) is 49.8 Å². The predicted octanol–water partition coefficient (Wildman–Crippen LogP) is 1.91. The molecule has 0 unspecified atom stereocenters. The first-order chi connectivity index (χ1) is 9.30. The molecule has 0 bridgehead atoms. The molecule has 1 N–H and O–H groups in total. The molecule has 1 amide bonds. The van der Waals surface area contributed by atoms with E-state index in [0.717, 1.165) is 16.9 Å². The van der Waals surface area contributed by atoms with Gasteiger partial charge in [0.15, 0.2) is 6.61 Å². The summed E-state index contributed by atoms with van der Waals surface area (Å²) < 4.78 is 5.54. The highest BCUT2D eigenvalue weighted by Gasteiger charge is 2.45. The van der Waals surface area contributed by atoms with Crippen LogP contribution in [0.15, 0.2) is 18.2 Å².